The molecule has 0 saturated carbocycles. The van der Waals surface area contributed by atoms with Crippen molar-refractivity contribution in [3.63, 3.8) is 0 Å². The Hall–Kier alpha value is -3.81. The number of amides is 1. The van der Waals surface area contributed by atoms with Gasteiger partial charge < -0.3 is 20.5 Å². The fourth-order valence-electron chi connectivity index (χ4n) is 4.98. The maximum atomic E-state index is 13.3. The summed E-state index contributed by atoms with van der Waals surface area (Å²) in [5.74, 6) is -2.58. The molecule has 0 bridgehead atoms. The smallest absolute Gasteiger partial charge is 0.376 e. The van der Waals surface area contributed by atoms with Crippen LogP contribution in [0.3, 0.4) is 0 Å². The van der Waals surface area contributed by atoms with Crippen LogP contribution < -0.4 is 11.1 Å². The number of ketones is 1. The molecule has 204 valence electrons. The SMILES string of the molecule is C[C@@H](OC(C)(C)C)[C@H](N)C(=O)N[C@@H](Cc1ccccc1)C(=O)C(=O)OCC1c2ccccc2-c2ccccc21. The first-order valence-electron chi connectivity index (χ1n) is 13.2. The monoisotopic (exact) mass is 528 g/mol. The van der Waals surface area contributed by atoms with E-state index in [9.17, 15) is 14.4 Å². The number of rotatable bonds is 10. The number of carbonyl (C=O) groups excluding carboxylic acids is 3. The topological polar surface area (TPSA) is 108 Å². The third kappa shape index (κ3) is 6.80. The number of benzene rings is 3. The van der Waals surface area contributed by atoms with Gasteiger partial charge in [0.15, 0.2) is 0 Å². The fraction of sp³-hybridized carbons (Fsp3) is 0.344. The van der Waals surface area contributed by atoms with E-state index in [1.807, 2.05) is 99.6 Å². The van der Waals surface area contributed by atoms with E-state index in [-0.39, 0.29) is 18.9 Å². The van der Waals surface area contributed by atoms with Crippen molar-refractivity contribution in [3.8, 4) is 11.1 Å². The molecule has 0 aromatic heterocycles. The summed E-state index contributed by atoms with van der Waals surface area (Å²) in [4.78, 5) is 39.4. The van der Waals surface area contributed by atoms with Gasteiger partial charge >= 0.3 is 5.97 Å². The summed E-state index contributed by atoms with van der Waals surface area (Å²) in [6.45, 7) is 7.32. The molecule has 0 spiro atoms. The standard InChI is InChI=1S/C32H36N2O5/c1-20(39-32(2,3)4)28(33)30(36)34-27(18-21-12-6-5-7-13-21)29(35)31(37)38-19-26-24-16-10-8-14-22(24)23-15-9-11-17-25(23)26/h5-17,20,26-28H,18-19,33H2,1-4H3,(H,34,36)/t20-,27+,28+/m1/s1. The third-order valence-corrected chi connectivity index (χ3v) is 6.81. The molecule has 7 nitrogen and oxygen atoms in total. The van der Waals surface area contributed by atoms with Crippen molar-refractivity contribution in [3.05, 3.63) is 95.6 Å². The maximum absolute atomic E-state index is 13.3. The second-order valence-corrected chi connectivity index (χ2v) is 10.9. The molecule has 3 aromatic rings. The Kier molecular flexibility index (Phi) is 8.63. The second-order valence-electron chi connectivity index (χ2n) is 10.9. The van der Waals surface area contributed by atoms with Gasteiger partial charge in [-0.15, -0.1) is 0 Å². The summed E-state index contributed by atoms with van der Waals surface area (Å²) in [6, 6.07) is 23.0. The normalized spacial score (nSPS) is 15.0. The Balaban J connectivity index is 1.48. The van der Waals surface area contributed by atoms with Gasteiger partial charge in [-0.2, -0.15) is 0 Å². The number of hydrogen-bond donors (Lipinski definition) is 2. The lowest BCUT2D eigenvalue weighted by atomic mass is 9.98. The van der Waals surface area contributed by atoms with Crippen LogP contribution in [-0.2, 0) is 30.3 Å². The van der Waals surface area contributed by atoms with Crippen LogP contribution >= 0.6 is 0 Å². The number of fused-ring (bicyclic) bond motifs is 3. The molecule has 3 aromatic carbocycles. The lowest BCUT2D eigenvalue weighted by Gasteiger charge is -2.29. The van der Waals surface area contributed by atoms with Crippen LogP contribution in [0.5, 0.6) is 0 Å². The maximum Gasteiger partial charge on any atom is 0.376 e. The minimum atomic E-state index is -1.14. The van der Waals surface area contributed by atoms with E-state index >= 15 is 0 Å². The quantitative estimate of drug-likeness (QED) is 0.302. The third-order valence-electron chi connectivity index (χ3n) is 6.81. The summed E-state index contributed by atoms with van der Waals surface area (Å²) in [6.07, 6.45) is -0.483. The van der Waals surface area contributed by atoms with Crippen LogP contribution in [0.4, 0.5) is 0 Å². The number of ether oxygens (including phenoxy) is 2. The van der Waals surface area contributed by atoms with Crippen LogP contribution in [0.1, 0.15) is 50.3 Å². The molecule has 0 saturated heterocycles. The van der Waals surface area contributed by atoms with Gasteiger partial charge in [0.2, 0.25) is 5.91 Å². The van der Waals surface area contributed by atoms with Crippen LogP contribution in [0.25, 0.3) is 11.1 Å². The Morgan fingerprint density at radius 3 is 1.97 bits per heavy atom. The van der Waals surface area contributed by atoms with E-state index in [0.717, 1.165) is 27.8 Å². The molecule has 0 aliphatic heterocycles. The van der Waals surface area contributed by atoms with Gasteiger partial charge in [-0.1, -0.05) is 78.9 Å². The molecule has 7 heteroatoms. The molecule has 39 heavy (non-hydrogen) atoms. The molecular weight excluding hydrogens is 492 g/mol. The predicted molar refractivity (Wildman–Crippen MR) is 150 cm³/mol. The van der Waals surface area contributed by atoms with Gasteiger partial charge in [0.1, 0.15) is 18.7 Å². The van der Waals surface area contributed by atoms with Crippen LogP contribution in [0.2, 0.25) is 0 Å². The molecule has 3 N–H and O–H groups in total. The summed E-state index contributed by atoms with van der Waals surface area (Å²) in [7, 11) is 0. The average molecular weight is 529 g/mol. The van der Waals surface area contributed by atoms with E-state index in [1.165, 1.54) is 0 Å². The number of Topliss-reactive ketones (excluding diaryl/α,β-unsaturated/α-hetero) is 1. The van der Waals surface area contributed by atoms with E-state index in [1.54, 1.807) is 6.92 Å². The Bertz CT molecular complexity index is 1290. The molecule has 1 aliphatic rings. The number of esters is 1. The minimum absolute atomic E-state index is 0.0145. The molecule has 0 radical (unpaired) electrons. The van der Waals surface area contributed by atoms with Crippen molar-refractivity contribution in [2.45, 2.75) is 63.8 Å². The van der Waals surface area contributed by atoms with Gasteiger partial charge in [-0.05, 0) is 55.5 Å². The van der Waals surface area contributed by atoms with Gasteiger partial charge in [-0.25, -0.2) is 4.79 Å². The van der Waals surface area contributed by atoms with Gasteiger partial charge in [0.25, 0.3) is 5.78 Å². The first-order chi connectivity index (χ1) is 18.5. The first kappa shape index (κ1) is 28.2. The van der Waals surface area contributed by atoms with Crippen molar-refractivity contribution >= 4 is 17.7 Å². The van der Waals surface area contributed by atoms with E-state index < -0.39 is 41.4 Å². The lowest BCUT2D eigenvalue weighted by molar-refractivity contribution is -0.155. The molecular formula is C32H36N2O5. The van der Waals surface area contributed by atoms with Crippen molar-refractivity contribution < 1.29 is 23.9 Å². The van der Waals surface area contributed by atoms with Gasteiger partial charge in [0.05, 0.1) is 11.7 Å². The summed E-state index contributed by atoms with van der Waals surface area (Å²) in [5.41, 5.74) is 10.7. The highest BCUT2D eigenvalue weighted by molar-refractivity contribution is 6.36. The molecule has 4 rings (SSSR count). The van der Waals surface area contributed by atoms with Crippen molar-refractivity contribution in [1.82, 2.24) is 5.32 Å². The van der Waals surface area contributed by atoms with Crippen molar-refractivity contribution in [2.75, 3.05) is 6.61 Å². The van der Waals surface area contributed by atoms with Crippen molar-refractivity contribution in [2.24, 2.45) is 5.73 Å². The van der Waals surface area contributed by atoms with Crippen molar-refractivity contribution in [1.29, 1.82) is 0 Å². The summed E-state index contributed by atoms with van der Waals surface area (Å²) < 4.78 is 11.4. The Morgan fingerprint density at radius 2 is 1.41 bits per heavy atom. The van der Waals surface area contributed by atoms with Gasteiger partial charge in [-0.3, -0.25) is 9.59 Å². The number of carbonyl (C=O) groups is 3. The van der Waals surface area contributed by atoms with Crippen LogP contribution in [-0.4, -0.2) is 48.1 Å². The first-order valence-corrected chi connectivity index (χ1v) is 13.2. The highest BCUT2D eigenvalue weighted by Gasteiger charge is 2.34. The summed E-state index contributed by atoms with van der Waals surface area (Å²) in [5, 5.41) is 2.68. The number of hydrogen-bond acceptors (Lipinski definition) is 6. The van der Waals surface area contributed by atoms with E-state index in [2.05, 4.69) is 5.32 Å². The molecule has 0 fully saturated rings. The molecule has 1 aliphatic carbocycles. The van der Waals surface area contributed by atoms with Crippen LogP contribution in [0.15, 0.2) is 78.9 Å². The fourth-order valence-corrected chi connectivity index (χ4v) is 4.98. The molecule has 0 unspecified atom stereocenters. The highest BCUT2D eigenvalue weighted by Crippen LogP contribution is 2.44. The zero-order valence-electron chi connectivity index (χ0n) is 22.8. The predicted octanol–water partition coefficient (Wildman–Crippen LogP) is 4.17. The Morgan fingerprint density at radius 1 is 0.872 bits per heavy atom. The largest absolute Gasteiger partial charge is 0.459 e. The zero-order valence-corrected chi connectivity index (χ0v) is 22.8. The average Bonchev–Trinajstić information content (AvgIpc) is 3.23. The van der Waals surface area contributed by atoms with E-state index in [4.69, 9.17) is 15.2 Å². The Labute approximate surface area is 229 Å². The van der Waals surface area contributed by atoms with Crippen LogP contribution in [0, 0.1) is 0 Å². The summed E-state index contributed by atoms with van der Waals surface area (Å²) >= 11 is 0. The zero-order chi connectivity index (χ0) is 28.2. The van der Waals surface area contributed by atoms with Gasteiger partial charge in [0, 0.05) is 12.3 Å². The number of nitrogens with one attached hydrogen (secondary N) is 1. The highest BCUT2D eigenvalue weighted by atomic mass is 16.5. The molecule has 0 heterocycles. The molecule has 3 atom stereocenters. The second kappa shape index (κ2) is 11.9. The number of nitrogens with two attached hydrogens (primary N) is 1. The molecule has 1 amide bonds. The minimum Gasteiger partial charge on any atom is -0.459 e. The van der Waals surface area contributed by atoms with E-state index in [0.29, 0.717) is 0 Å². The lowest BCUT2D eigenvalue weighted by Crippen LogP contribution is -2.55.